The number of fused-ring (bicyclic) bond motifs is 1. The number of nitrogens with zero attached hydrogens (tertiary/aromatic N) is 2. The first-order valence-electron chi connectivity index (χ1n) is 8.45. The summed E-state index contributed by atoms with van der Waals surface area (Å²) in [7, 11) is -0.318. The zero-order chi connectivity index (χ0) is 19.0. The van der Waals surface area contributed by atoms with E-state index >= 15 is 0 Å². The normalized spacial score (nSPS) is 17.6. The molecule has 0 amide bonds. The zero-order valence-corrected chi connectivity index (χ0v) is 20.1. The van der Waals surface area contributed by atoms with E-state index in [1.165, 1.54) is 0 Å². The zero-order valence-electron chi connectivity index (χ0n) is 17.0. The molecule has 0 aliphatic carbocycles. The first-order chi connectivity index (χ1) is 11.4. The molecule has 2 aromatic rings. The summed E-state index contributed by atoms with van der Waals surface area (Å²) in [6.45, 7) is 13.5. The minimum Gasteiger partial charge on any atom is -0.550 e. The Kier molecular flexibility index (Phi) is 8.11. The van der Waals surface area contributed by atoms with E-state index in [1.807, 2.05) is 10.9 Å². The molecule has 26 heavy (non-hydrogen) atoms. The number of benzene rings is 1. The van der Waals surface area contributed by atoms with Crippen LogP contribution in [0.4, 0.5) is 0 Å². The molecule has 136 valence electrons. The summed E-state index contributed by atoms with van der Waals surface area (Å²) in [5.74, 6) is -1.08. The van der Waals surface area contributed by atoms with Crippen molar-refractivity contribution in [1.82, 2.24) is 9.78 Å². The predicted octanol–water partition coefficient (Wildman–Crippen LogP) is -1.32. The second-order valence-corrected chi connectivity index (χ2v) is 7.58. The van der Waals surface area contributed by atoms with Gasteiger partial charge < -0.3 is 19.2 Å². The maximum atomic E-state index is 8.89. The van der Waals surface area contributed by atoms with Crippen molar-refractivity contribution < 1.29 is 70.6 Å². The molecule has 1 aromatic heterocycles. The summed E-state index contributed by atoms with van der Waals surface area (Å²) < 4.78 is 14.2. The number of rotatable bonds is 2. The van der Waals surface area contributed by atoms with Crippen molar-refractivity contribution in [2.24, 2.45) is 0 Å². The number of carbonyl (C=O) groups excluding carboxylic acids is 1. The van der Waals surface area contributed by atoms with Gasteiger partial charge in [-0.3, -0.25) is 4.68 Å². The average Bonchev–Trinajstić information content (AvgIpc) is 2.96. The topological polar surface area (TPSA) is 76.4 Å². The Morgan fingerprint density at radius 2 is 1.69 bits per heavy atom. The Labute approximate surface area is 198 Å². The van der Waals surface area contributed by atoms with Crippen LogP contribution in [0.1, 0.15) is 54.5 Å². The van der Waals surface area contributed by atoms with Crippen LogP contribution >= 0.6 is 0 Å². The van der Waals surface area contributed by atoms with E-state index in [9.17, 15) is 0 Å². The number of hydrogen-bond donors (Lipinski definition) is 0. The van der Waals surface area contributed by atoms with Gasteiger partial charge >= 0.3 is 58.5 Å². The number of carboxylic acids is 1. The van der Waals surface area contributed by atoms with Crippen molar-refractivity contribution in [3.63, 3.8) is 0 Å². The van der Waals surface area contributed by atoms with Crippen LogP contribution < -0.4 is 62.0 Å². The standard InChI is InChI=1S/C16H23BN2O2.C2H4O2.K/c1-11(2)19-14-8-7-13(9-12(14)10-18-19)17-20-15(3,4)16(5,6)21-17;1-2(3)4;/h7-11H,1-6H3;1H3,(H,3,4);/q;;+1/p-1. The SMILES string of the molecule is CC(=O)[O-].CC(C)n1ncc2cc(B3OC(C)(C)C(C)(C)O3)ccc21.[K+]. The van der Waals surface area contributed by atoms with Crippen molar-refractivity contribution in [3.8, 4) is 0 Å². The van der Waals surface area contributed by atoms with Gasteiger partial charge in [0, 0.05) is 17.4 Å². The summed E-state index contributed by atoms with van der Waals surface area (Å²) >= 11 is 0. The van der Waals surface area contributed by atoms with E-state index in [0.717, 1.165) is 23.3 Å². The fraction of sp³-hybridized carbons (Fsp3) is 0.556. The Bertz CT molecular complexity index is 754. The van der Waals surface area contributed by atoms with Gasteiger partial charge in [0.1, 0.15) is 0 Å². The molecule has 1 fully saturated rings. The average molecular weight is 384 g/mol. The van der Waals surface area contributed by atoms with Crippen LogP contribution in [0, 0.1) is 0 Å². The van der Waals surface area contributed by atoms with E-state index in [4.69, 9.17) is 19.2 Å². The van der Waals surface area contributed by atoms with Gasteiger partial charge in [0.15, 0.2) is 0 Å². The van der Waals surface area contributed by atoms with Gasteiger partial charge in [-0.1, -0.05) is 12.1 Å². The molecule has 0 radical (unpaired) electrons. The van der Waals surface area contributed by atoms with Gasteiger partial charge in [-0.05, 0) is 60.0 Å². The van der Waals surface area contributed by atoms with Gasteiger partial charge in [-0.2, -0.15) is 5.10 Å². The quantitative estimate of drug-likeness (QED) is 0.601. The minimum absolute atomic E-state index is 0. The molecule has 0 atom stereocenters. The number of hydrogen-bond acceptors (Lipinski definition) is 5. The summed E-state index contributed by atoms with van der Waals surface area (Å²) in [4.78, 5) is 8.89. The first kappa shape index (κ1) is 23.8. The summed E-state index contributed by atoms with van der Waals surface area (Å²) in [6.07, 6.45) is 1.91. The molecule has 0 saturated carbocycles. The molecule has 8 heteroatoms. The Morgan fingerprint density at radius 1 is 1.19 bits per heavy atom. The molecule has 6 nitrogen and oxygen atoms in total. The molecule has 1 aromatic carbocycles. The van der Waals surface area contributed by atoms with E-state index in [-0.39, 0.29) is 69.7 Å². The van der Waals surface area contributed by atoms with Crippen molar-refractivity contribution in [1.29, 1.82) is 0 Å². The maximum absolute atomic E-state index is 8.89. The van der Waals surface area contributed by atoms with Crippen LogP contribution in [-0.4, -0.2) is 34.1 Å². The Hall–Kier alpha value is -0.219. The summed E-state index contributed by atoms with van der Waals surface area (Å²) in [6, 6.07) is 6.64. The molecule has 0 N–H and O–H groups in total. The Morgan fingerprint density at radius 3 is 2.15 bits per heavy atom. The third-order valence-corrected chi connectivity index (χ3v) is 4.63. The first-order valence-corrected chi connectivity index (χ1v) is 8.45. The maximum Gasteiger partial charge on any atom is 1.00 e. The van der Waals surface area contributed by atoms with Crippen molar-refractivity contribution >= 4 is 29.5 Å². The van der Waals surface area contributed by atoms with E-state index in [1.54, 1.807) is 0 Å². The van der Waals surface area contributed by atoms with Crippen molar-refractivity contribution in [2.75, 3.05) is 0 Å². The number of aromatic nitrogens is 2. The number of aliphatic carboxylic acids is 1. The third-order valence-electron chi connectivity index (χ3n) is 4.63. The van der Waals surface area contributed by atoms with Gasteiger partial charge in [0.25, 0.3) is 0 Å². The molecular weight excluding hydrogens is 358 g/mol. The van der Waals surface area contributed by atoms with Gasteiger partial charge in [0.2, 0.25) is 0 Å². The summed E-state index contributed by atoms with van der Waals surface area (Å²) in [5, 5.41) is 14.5. The number of carbonyl (C=O) groups is 1. The second-order valence-electron chi connectivity index (χ2n) is 7.58. The van der Waals surface area contributed by atoms with Gasteiger partial charge in [0.05, 0.1) is 22.9 Å². The molecule has 2 heterocycles. The van der Waals surface area contributed by atoms with Crippen LogP contribution in [0.2, 0.25) is 0 Å². The van der Waals surface area contributed by atoms with Crippen molar-refractivity contribution in [2.45, 2.75) is 65.7 Å². The van der Waals surface area contributed by atoms with E-state index < -0.39 is 5.97 Å². The monoisotopic (exact) mass is 384 g/mol. The van der Waals surface area contributed by atoms with Gasteiger partial charge in [-0.15, -0.1) is 0 Å². The predicted molar refractivity (Wildman–Crippen MR) is 96.5 cm³/mol. The second kappa shape index (κ2) is 8.86. The van der Waals surface area contributed by atoms with Crippen LogP contribution in [0.25, 0.3) is 10.9 Å². The minimum atomic E-state index is -1.08. The molecule has 3 rings (SSSR count). The van der Waals surface area contributed by atoms with E-state index in [2.05, 4.69) is 64.8 Å². The van der Waals surface area contributed by atoms with Crippen LogP contribution in [0.5, 0.6) is 0 Å². The third kappa shape index (κ3) is 5.19. The fourth-order valence-electron chi connectivity index (χ4n) is 2.61. The van der Waals surface area contributed by atoms with Gasteiger partial charge in [-0.25, -0.2) is 0 Å². The molecule has 1 saturated heterocycles. The molecule has 0 spiro atoms. The largest absolute Gasteiger partial charge is 1.00 e. The summed E-state index contributed by atoms with van der Waals surface area (Å²) in [5.41, 5.74) is 1.57. The molecule has 0 unspecified atom stereocenters. The molecule has 1 aliphatic heterocycles. The van der Waals surface area contributed by atoms with Crippen LogP contribution in [0.15, 0.2) is 24.4 Å². The number of carboxylic acid groups (broad SMARTS) is 1. The smallest absolute Gasteiger partial charge is 0.550 e. The van der Waals surface area contributed by atoms with Crippen molar-refractivity contribution in [3.05, 3.63) is 24.4 Å². The molecule has 1 aliphatic rings. The fourth-order valence-corrected chi connectivity index (χ4v) is 2.61. The van der Waals surface area contributed by atoms with Crippen LogP contribution in [0.3, 0.4) is 0 Å². The van der Waals surface area contributed by atoms with E-state index in [0.29, 0.717) is 6.04 Å². The van der Waals surface area contributed by atoms with Crippen LogP contribution in [-0.2, 0) is 14.1 Å². The Balaban J connectivity index is 0.000000616. The molecular formula is C18H26BKN2O4. The molecule has 0 bridgehead atoms.